The van der Waals surface area contributed by atoms with E-state index in [0.717, 1.165) is 31.3 Å². The van der Waals surface area contributed by atoms with Gasteiger partial charge in [-0.2, -0.15) is 0 Å². The van der Waals surface area contributed by atoms with E-state index in [9.17, 15) is 24.6 Å². The van der Waals surface area contributed by atoms with Gasteiger partial charge in [-0.15, -0.1) is 11.6 Å². The maximum atomic E-state index is 13.1. The fraction of sp³-hybridized carbons (Fsp3) is 0.708. The number of carbonyl (C=O) groups excluding carboxylic acids is 3. The van der Waals surface area contributed by atoms with Gasteiger partial charge < -0.3 is 14.9 Å². The van der Waals surface area contributed by atoms with Crippen molar-refractivity contribution >= 4 is 29.1 Å². The third-order valence-electron chi connectivity index (χ3n) is 8.56. The molecule has 0 aromatic heterocycles. The van der Waals surface area contributed by atoms with Crippen molar-refractivity contribution in [3.63, 3.8) is 0 Å². The van der Waals surface area contributed by atoms with Crippen LogP contribution in [0.25, 0.3) is 0 Å². The summed E-state index contributed by atoms with van der Waals surface area (Å²) in [6.07, 6.45) is 9.90. The van der Waals surface area contributed by atoms with Gasteiger partial charge in [-0.25, -0.2) is 0 Å². The van der Waals surface area contributed by atoms with E-state index in [2.05, 4.69) is 6.08 Å². The Bertz CT molecular complexity index is 849. The molecule has 170 valence electrons. The summed E-state index contributed by atoms with van der Waals surface area (Å²) in [5, 5.41) is 22.5. The van der Waals surface area contributed by atoms with Gasteiger partial charge in [-0.3, -0.25) is 14.4 Å². The maximum Gasteiger partial charge on any atom is 0.321 e. The molecule has 0 heterocycles. The van der Waals surface area contributed by atoms with Gasteiger partial charge in [0.25, 0.3) is 0 Å². The summed E-state index contributed by atoms with van der Waals surface area (Å²) < 4.78 is 4.93. The summed E-state index contributed by atoms with van der Waals surface area (Å²) in [7, 11) is 0. The number of rotatable bonds is 4. The zero-order valence-electron chi connectivity index (χ0n) is 17.9. The molecule has 0 aliphatic heterocycles. The smallest absolute Gasteiger partial charge is 0.321 e. The number of ether oxygens (including phenoxy) is 1. The van der Waals surface area contributed by atoms with Crippen molar-refractivity contribution in [2.75, 3.05) is 12.5 Å². The van der Waals surface area contributed by atoms with Crippen molar-refractivity contribution in [3.05, 3.63) is 23.8 Å². The van der Waals surface area contributed by atoms with E-state index >= 15 is 0 Å². The first-order chi connectivity index (χ1) is 14.6. The third-order valence-corrected chi connectivity index (χ3v) is 8.78. The Morgan fingerprint density at radius 2 is 2.00 bits per heavy atom. The van der Waals surface area contributed by atoms with E-state index in [4.69, 9.17) is 16.3 Å². The van der Waals surface area contributed by atoms with Crippen LogP contribution in [0, 0.1) is 22.7 Å². The van der Waals surface area contributed by atoms with Crippen LogP contribution < -0.4 is 0 Å². The lowest BCUT2D eigenvalue weighted by Crippen LogP contribution is -2.55. The van der Waals surface area contributed by atoms with E-state index in [1.54, 1.807) is 12.2 Å². The Balaban J connectivity index is 1.66. The molecule has 7 heteroatoms. The van der Waals surface area contributed by atoms with Gasteiger partial charge in [0.1, 0.15) is 11.5 Å². The summed E-state index contributed by atoms with van der Waals surface area (Å²) in [5.41, 5.74) is -1.58. The summed E-state index contributed by atoms with van der Waals surface area (Å²) in [6.45, 7) is 1.39. The molecular weight excluding hydrogens is 420 g/mol. The summed E-state index contributed by atoms with van der Waals surface area (Å²) in [5.74, 6) is -1.08. The highest BCUT2D eigenvalue weighted by Gasteiger charge is 2.63. The lowest BCUT2D eigenvalue weighted by Gasteiger charge is -2.49. The molecule has 31 heavy (non-hydrogen) atoms. The Hall–Kier alpha value is -1.50. The number of hydrogen-bond acceptors (Lipinski definition) is 6. The van der Waals surface area contributed by atoms with Crippen LogP contribution in [0.3, 0.4) is 0 Å². The second-order valence-electron chi connectivity index (χ2n) is 10.1. The van der Waals surface area contributed by atoms with E-state index in [1.807, 2.05) is 6.92 Å². The molecule has 0 amide bonds. The predicted octanol–water partition coefficient (Wildman–Crippen LogP) is 2.88. The number of esters is 1. The van der Waals surface area contributed by atoms with Gasteiger partial charge in [0.15, 0.2) is 12.4 Å². The monoisotopic (exact) mass is 450 g/mol. The third kappa shape index (κ3) is 3.70. The normalized spacial score (nSPS) is 42.9. The average molecular weight is 451 g/mol. The molecule has 6 nitrogen and oxygen atoms in total. The van der Waals surface area contributed by atoms with Crippen molar-refractivity contribution in [1.82, 2.24) is 0 Å². The zero-order valence-corrected chi connectivity index (χ0v) is 18.7. The Morgan fingerprint density at radius 1 is 1.23 bits per heavy atom. The van der Waals surface area contributed by atoms with Crippen molar-refractivity contribution < 1.29 is 29.3 Å². The average Bonchev–Trinajstić information content (AvgIpc) is 3.02. The maximum absolute atomic E-state index is 13.1. The van der Waals surface area contributed by atoms with E-state index in [0.29, 0.717) is 12.8 Å². The number of fused-ring (bicyclic) bond motifs is 3. The van der Waals surface area contributed by atoms with E-state index < -0.39 is 35.5 Å². The number of carbonyl (C=O) groups is 3. The molecule has 2 fully saturated rings. The molecule has 0 saturated heterocycles. The summed E-state index contributed by atoms with van der Waals surface area (Å²) in [4.78, 5) is 36.5. The van der Waals surface area contributed by atoms with Crippen LogP contribution in [0.5, 0.6) is 0 Å². The standard InChI is InChI=1S/C24H31ClO6/c1-22-12-18(27)5-8-23-7-4-17(26)10-16(23)3-2-15(11-23)19(22)6-9-24(22,30)20(28)14-31-21(29)13-25/h5,8,10,15,18-19,27,30H,2-4,6-7,9,11-14H2,1H3/b8-5+/t15-,18-,19+,22+,23+,24+/m1/s1. The van der Waals surface area contributed by atoms with Crippen LogP contribution in [0.2, 0.25) is 0 Å². The first-order valence-corrected chi connectivity index (χ1v) is 11.8. The SMILES string of the molecule is C[C@]12C[C@H](O)/C=C/[C@]34CCC(=O)C=C3CC[C@H](C4)[C@@H]1CC[C@]2(O)C(=O)COC(=O)CCl. The van der Waals surface area contributed by atoms with Crippen LogP contribution in [-0.4, -0.2) is 51.9 Å². The lowest BCUT2D eigenvalue weighted by atomic mass is 9.56. The molecule has 4 aliphatic carbocycles. The molecule has 1 spiro atoms. The largest absolute Gasteiger partial charge is 0.457 e. The van der Waals surface area contributed by atoms with Crippen LogP contribution in [0.4, 0.5) is 0 Å². The molecule has 0 unspecified atom stereocenters. The predicted molar refractivity (Wildman–Crippen MR) is 114 cm³/mol. The molecule has 6 atom stereocenters. The van der Waals surface area contributed by atoms with Crippen LogP contribution in [0.1, 0.15) is 58.3 Å². The second-order valence-corrected chi connectivity index (χ2v) is 10.3. The second kappa shape index (κ2) is 8.13. The van der Waals surface area contributed by atoms with Gasteiger partial charge in [0.05, 0.1) is 6.10 Å². The molecule has 0 aromatic rings. The number of allylic oxidation sites excluding steroid dienone is 3. The number of halogens is 1. The van der Waals surface area contributed by atoms with Gasteiger partial charge in [0, 0.05) is 17.3 Å². The van der Waals surface area contributed by atoms with Gasteiger partial charge in [0.2, 0.25) is 5.78 Å². The number of hydrogen-bond donors (Lipinski definition) is 2. The van der Waals surface area contributed by atoms with Gasteiger partial charge in [-0.1, -0.05) is 24.6 Å². The molecule has 0 aromatic carbocycles. The van der Waals surface area contributed by atoms with E-state index in [-0.39, 0.29) is 41.8 Å². The van der Waals surface area contributed by atoms with Crippen LogP contribution in [0.15, 0.2) is 23.8 Å². The highest BCUT2D eigenvalue weighted by molar-refractivity contribution is 6.26. The van der Waals surface area contributed by atoms with Crippen molar-refractivity contribution in [2.45, 2.75) is 70.0 Å². The molecule has 2 bridgehead atoms. The topological polar surface area (TPSA) is 101 Å². The molecule has 2 saturated carbocycles. The Kier molecular flexibility index (Phi) is 5.95. The zero-order chi connectivity index (χ0) is 22.4. The molecule has 4 rings (SSSR count). The number of aliphatic hydroxyl groups is 2. The molecule has 2 N–H and O–H groups in total. The summed E-state index contributed by atoms with van der Waals surface area (Å²) in [6, 6.07) is 0. The highest BCUT2D eigenvalue weighted by atomic mass is 35.5. The minimum atomic E-state index is -1.67. The number of alkyl halides is 1. The quantitative estimate of drug-likeness (QED) is 0.388. The van der Waals surface area contributed by atoms with Crippen LogP contribution >= 0.6 is 11.6 Å². The van der Waals surface area contributed by atoms with E-state index in [1.165, 1.54) is 0 Å². The number of aliphatic hydroxyl groups excluding tert-OH is 1. The fourth-order valence-electron chi connectivity index (χ4n) is 6.90. The molecular formula is C24H31ClO6. The van der Waals surface area contributed by atoms with Crippen molar-refractivity contribution in [2.24, 2.45) is 22.7 Å². The Labute approximate surface area is 187 Å². The minimum Gasteiger partial charge on any atom is -0.457 e. The molecule has 0 radical (unpaired) electrons. The highest BCUT2D eigenvalue weighted by Crippen LogP contribution is 2.62. The van der Waals surface area contributed by atoms with Crippen molar-refractivity contribution in [3.8, 4) is 0 Å². The Morgan fingerprint density at radius 3 is 2.74 bits per heavy atom. The molecule has 4 aliphatic rings. The van der Waals surface area contributed by atoms with Gasteiger partial charge in [-0.05, 0) is 62.9 Å². The minimum absolute atomic E-state index is 0.0516. The number of ketones is 2. The van der Waals surface area contributed by atoms with Gasteiger partial charge >= 0.3 is 5.97 Å². The first kappa shape index (κ1) is 22.7. The summed E-state index contributed by atoms with van der Waals surface area (Å²) >= 11 is 5.45. The lowest BCUT2D eigenvalue weighted by molar-refractivity contribution is -0.164. The van der Waals surface area contributed by atoms with Crippen molar-refractivity contribution in [1.29, 1.82) is 0 Å². The van der Waals surface area contributed by atoms with Crippen LogP contribution in [-0.2, 0) is 19.1 Å². The fourth-order valence-corrected chi connectivity index (χ4v) is 6.97. The first-order valence-electron chi connectivity index (χ1n) is 11.2. The number of Topliss-reactive ketones (excluding diaryl/α,β-unsaturated/α-hetero) is 1.